The van der Waals surface area contributed by atoms with Gasteiger partial charge < -0.3 is 14.8 Å². The van der Waals surface area contributed by atoms with E-state index in [1.165, 1.54) is 7.11 Å². The normalized spacial score (nSPS) is 10.6. The van der Waals surface area contributed by atoms with Gasteiger partial charge in [-0.2, -0.15) is 5.10 Å². The summed E-state index contributed by atoms with van der Waals surface area (Å²) >= 11 is 0. The van der Waals surface area contributed by atoms with Gasteiger partial charge in [-0.3, -0.25) is 9.59 Å². The number of aryl methyl sites for hydroxylation is 1. The lowest BCUT2D eigenvalue weighted by molar-refractivity contribution is -0.140. The Morgan fingerprint density at radius 3 is 2.46 bits per heavy atom. The van der Waals surface area contributed by atoms with E-state index < -0.39 is 0 Å². The van der Waals surface area contributed by atoms with Gasteiger partial charge in [-0.15, -0.1) is 0 Å². The third kappa shape index (κ3) is 4.70. The van der Waals surface area contributed by atoms with E-state index in [4.69, 9.17) is 9.47 Å². The number of ether oxygens (including phenoxy) is 2. The Hall–Kier alpha value is -2.67. The summed E-state index contributed by atoms with van der Waals surface area (Å²) in [5, 5.41) is 7.35. The van der Waals surface area contributed by atoms with Gasteiger partial charge in [-0.25, -0.2) is 4.68 Å². The highest BCUT2D eigenvalue weighted by atomic mass is 16.5. The number of amides is 1. The molecule has 0 bridgehead atoms. The van der Waals surface area contributed by atoms with Gasteiger partial charge in [0.1, 0.15) is 0 Å². The molecular formula is C19H25N3O4. The molecule has 0 aliphatic heterocycles. The van der Waals surface area contributed by atoms with Crippen LogP contribution in [-0.2, 0) is 20.7 Å². The lowest BCUT2D eigenvalue weighted by atomic mass is 10.1. The van der Waals surface area contributed by atoms with Crippen LogP contribution >= 0.6 is 0 Å². The van der Waals surface area contributed by atoms with Crippen LogP contribution in [0.5, 0.6) is 0 Å². The lowest BCUT2D eigenvalue weighted by Gasteiger charge is -2.08. The van der Waals surface area contributed by atoms with E-state index >= 15 is 0 Å². The second-order valence-corrected chi connectivity index (χ2v) is 5.93. The summed E-state index contributed by atoms with van der Waals surface area (Å²) < 4.78 is 11.4. The Kier molecular flexibility index (Phi) is 6.91. The second-order valence-electron chi connectivity index (χ2n) is 5.93. The largest absolute Gasteiger partial charge is 0.469 e. The van der Waals surface area contributed by atoms with Gasteiger partial charge in [-0.05, 0) is 50.1 Å². The van der Waals surface area contributed by atoms with Crippen LogP contribution in [0, 0.1) is 13.8 Å². The molecule has 2 rings (SSSR count). The second kappa shape index (κ2) is 9.15. The average molecular weight is 359 g/mol. The van der Waals surface area contributed by atoms with Gasteiger partial charge in [0.05, 0.1) is 25.1 Å². The van der Waals surface area contributed by atoms with Crippen molar-refractivity contribution in [2.45, 2.75) is 26.7 Å². The zero-order valence-electron chi connectivity index (χ0n) is 15.7. The van der Waals surface area contributed by atoms with Crippen LogP contribution in [-0.4, -0.2) is 49.0 Å². The topological polar surface area (TPSA) is 82.5 Å². The highest BCUT2D eigenvalue weighted by Gasteiger charge is 2.15. The van der Waals surface area contributed by atoms with Crippen molar-refractivity contribution < 1.29 is 19.1 Å². The molecular weight excluding hydrogens is 334 g/mol. The molecule has 0 saturated heterocycles. The monoisotopic (exact) mass is 359 g/mol. The number of benzene rings is 1. The molecule has 26 heavy (non-hydrogen) atoms. The number of methoxy groups -OCH3 is 2. The number of hydrogen-bond donors (Lipinski definition) is 1. The molecule has 0 aliphatic rings. The van der Waals surface area contributed by atoms with Crippen molar-refractivity contribution in [2.24, 2.45) is 0 Å². The maximum absolute atomic E-state index is 12.0. The summed E-state index contributed by atoms with van der Waals surface area (Å²) in [5.41, 5.74) is 4.34. The zero-order valence-corrected chi connectivity index (χ0v) is 15.7. The van der Waals surface area contributed by atoms with E-state index in [0.29, 0.717) is 31.6 Å². The van der Waals surface area contributed by atoms with E-state index in [1.54, 1.807) is 19.2 Å². The van der Waals surface area contributed by atoms with Gasteiger partial charge in [-0.1, -0.05) is 0 Å². The van der Waals surface area contributed by atoms with Crippen molar-refractivity contribution >= 4 is 11.9 Å². The summed E-state index contributed by atoms with van der Waals surface area (Å²) in [5.74, 6) is -0.374. The summed E-state index contributed by atoms with van der Waals surface area (Å²) in [4.78, 5) is 23.4. The molecule has 7 heteroatoms. The third-order valence-corrected chi connectivity index (χ3v) is 4.21. The Balaban J connectivity index is 2.13. The summed E-state index contributed by atoms with van der Waals surface area (Å²) in [7, 11) is 2.98. The highest BCUT2D eigenvalue weighted by molar-refractivity contribution is 5.94. The Morgan fingerprint density at radius 1 is 1.15 bits per heavy atom. The number of nitrogens with one attached hydrogen (secondary N) is 1. The van der Waals surface area contributed by atoms with Gasteiger partial charge in [0.25, 0.3) is 5.91 Å². The fourth-order valence-corrected chi connectivity index (χ4v) is 2.74. The molecule has 0 aliphatic carbocycles. The predicted molar refractivity (Wildman–Crippen MR) is 97.6 cm³/mol. The number of hydrogen-bond acceptors (Lipinski definition) is 5. The minimum atomic E-state index is -0.236. The summed E-state index contributed by atoms with van der Waals surface area (Å²) in [6.07, 6.45) is 0.911. The van der Waals surface area contributed by atoms with Crippen molar-refractivity contribution in [3.63, 3.8) is 0 Å². The summed E-state index contributed by atoms with van der Waals surface area (Å²) in [6.45, 7) is 4.84. The number of aromatic nitrogens is 2. The zero-order chi connectivity index (χ0) is 19.1. The predicted octanol–water partition coefficient (Wildman–Crippen LogP) is 1.97. The fourth-order valence-electron chi connectivity index (χ4n) is 2.74. The Labute approximate surface area is 153 Å². The van der Waals surface area contributed by atoms with Crippen molar-refractivity contribution in [3.8, 4) is 5.69 Å². The molecule has 0 radical (unpaired) electrons. The van der Waals surface area contributed by atoms with E-state index in [0.717, 1.165) is 22.6 Å². The van der Waals surface area contributed by atoms with Gasteiger partial charge in [0.2, 0.25) is 0 Å². The van der Waals surface area contributed by atoms with Crippen LogP contribution in [0.25, 0.3) is 5.69 Å². The van der Waals surface area contributed by atoms with Crippen LogP contribution in [0.2, 0.25) is 0 Å². The molecule has 1 amide bonds. The molecule has 0 spiro atoms. The average Bonchev–Trinajstić information content (AvgIpc) is 2.93. The van der Waals surface area contributed by atoms with Crippen LogP contribution in [0.1, 0.15) is 33.7 Å². The Bertz CT molecular complexity index is 766. The van der Waals surface area contributed by atoms with Crippen molar-refractivity contribution in [3.05, 3.63) is 46.8 Å². The molecule has 0 fully saturated rings. The number of esters is 1. The lowest BCUT2D eigenvalue weighted by Crippen LogP contribution is -2.26. The number of nitrogens with zero attached hydrogens (tertiary/aromatic N) is 2. The molecule has 2 aromatic rings. The minimum absolute atomic E-state index is 0.138. The van der Waals surface area contributed by atoms with Crippen molar-refractivity contribution in [2.75, 3.05) is 27.4 Å². The first-order valence-corrected chi connectivity index (χ1v) is 8.47. The first kappa shape index (κ1) is 19.7. The molecule has 0 atom stereocenters. The maximum Gasteiger partial charge on any atom is 0.305 e. The smallest absolute Gasteiger partial charge is 0.305 e. The fraction of sp³-hybridized carbons (Fsp3) is 0.421. The van der Waals surface area contributed by atoms with Crippen LogP contribution in [0.3, 0.4) is 0 Å². The SMILES string of the molecule is COCCNC(=O)c1ccc(-n2nc(C)c(CCC(=O)OC)c2C)cc1. The quantitative estimate of drug-likeness (QED) is 0.576. The summed E-state index contributed by atoms with van der Waals surface area (Å²) in [6, 6.07) is 7.24. The standard InChI is InChI=1S/C19H25N3O4/c1-13-17(9-10-18(23)26-4)14(2)22(21-13)16-7-5-15(6-8-16)19(24)20-11-12-25-3/h5-8H,9-12H2,1-4H3,(H,20,24). The van der Waals surface area contributed by atoms with E-state index in [1.807, 2.05) is 30.7 Å². The van der Waals surface area contributed by atoms with Gasteiger partial charge in [0, 0.05) is 31.3 Å². The minimum Gasteiger partial charge on any atom is -0.469 e. The Morgan fingerprint density at radius 2 is 1.85 bits per heavy atom. The van der Waals surface area contributed by atoms with Gasteiger partial charge >= 0.3 is 5.97 Å². The highest BCUT2D eigenvalue weighted by Crippen LogP contribution is 2.20. The first-order chi connectivity index (χ1) is 12.5. The van der Waals surface area contributed by atoms with Crippen LogP contribution < -0.4 is 5.32 Å². The van der Waals surface area contributed by atoms with Crippen LogP contribution in [0.4, 0.5) is 0 Å². The van der Waals surface area contributed by atoms with Crippen molar-refractivity contribution in [1.29, 1.82) is 0 Å². The van der Waals surface area contributed by atoms with E-state index in [9.17, 15) is 9.59 Å². The molecule has 1 heterocycles. The maximum atomic E-state index is 12.0. The molecule has 140 valence electrons. The van der Waals surface area contributed by atoms with Crippen LogP contribution in [0.15, 0.2) is 24.3 Å². The number of carbonyl (C=O) groups is 2. The van der Waals surface area contributed by atoms with E-state index in [-0.39, 0.29) is 11.9 Å². The number of rotatable bonds is 8. The molecule has 0 saturated carbocycles. The van der Waals surface area contributed by atoms with E-state index in [2.05, 4.69) is 10.4 Å². The number of carbonyl (C=O) groups excluding carboxylic acids is 2. The molecule has 1 aromatic heterocycles. The molecule has 1 N–H and O–H groups in total. The molecule has 7 nitrogen and oxygen atoms in total. The van der Waals surface area contributed by atoms with Crippen molar-refractivity contribution in [1.82, 2.24) is 15.1 Å². The van der Waals surface area contributed by atoms with Gasteiger partial charge in [0.15, 0.2) is 0 Å². The first-order valence-electron chi connectivity index (χ1n) is 8.47. The molecule has 1 aromatic carbocycles. The third-order valence-electron chi connectivity index (χ3n) is 4.21. The molecule has 0 unspecified atom stereocenters.